The molecule has 2 atom stereocenters. The number of amides is 2. The molecule has 1 N–H and O–H groups in total. The van der Waals surface area contributed by atoms with Crippen LogP contribution in [0.1, 0.15) is 29.6 Å². The fourth-order valence-electron chi connectivity index (χ4n) is 4.17. The number of benzene rings is 2. The molecule has 0 unspecified atom stereocenters. The van der Waals surface area contributed by atoms with Crippen LogP contribution >= 0.6 is 0 Å². The molecule has 0 aromatic heterocycles. The van der Waals surface area contributed by atoms with Gasteiger partial charge in [0.1, 0.15) is 17.7 Å². The number of hydrogen-bond acceptors (Lipinski definition) is 4. The van der Waals surface area contributed by atoms with Crippen molar-refractivity contribution >= 4 is 11.8 Å². The van der Waals surface area contributed by atoms with E-state index < -0.39 is 5.60 Å². The predicted molar refractivity (Wildman–Crippen MR) is 109 cm³/mol. The first kappa shape index (κ1) is 20.3. The standard InChI is InChI=1S/C23H25FN2O4/c24-18-8-4-9-19(12-18)30-20-13-23(29-15-20)10-5-11-26(16-23)21(27)14-25-22(28)17-6-2-1-3-7-17/h1-4,6-9,12,20H,5,10-11,13-16H2,(H,25,28)/t20-,23-/m1/s1. The lowest BCUT2D eigenvalue weighted by Crippen LogP contribution is -2.52. The van der Waals surface area contributed by atoms with Gasteiger partial charge in [0.25, 0.3) is 5.91 Å². The maximum absolute atomic E-state index is 13.4. The van der Waals surface area contributed by atoms with Crippen LogP contribution < -0.4 is 10.1 Å². The molecule has 6 nitrogen and oxygen atoms in total. The number of rotatable bonds is 5. The molecule has 2 aromatic rings. The Kier molecular flexibility index (Phi) is 5.99. The van der Waals surface area contributed by atoms with Gasteiger partial charge in [0.05, 0.1) is 18.8 Å². The summed E-state index contributed by atoms with van der Waals surface area (Å²) in [6, 6.07) is 14.9. The lowest BCUT2D eigenvalue weighted by Gasteiger charge is -2.39. The molecule has 7 heteroatoms. The highest BCUT2D eigenvalue weighted by atomic mass is 19.1. The highest BCUT2D eigenvalue weighted by molar-refractivity contribution is 5.96. The Balaban J connectivity index is 1.30. The van der Waals surface area contributed by atoms with Gasteiger partial charge >= 0.3 is 0 Å². The molecule has 2 amide bonds. The maximum atomic E-state index is 13.4. The summed E-state index contributed by atoms with van der Waals surface area (Å²) in [6.45, 7) is 1.47. The van der Waals surface area contributed by atoms with Crippen molar-refractivity contribution in [2.24, 2.45) is 0 Å². The third-order valence-corrected chi connectivity index (χ3v) is 5.60. The quantitative estimate of drug-likeness (QED) is 0.820. The summed E-state index contributed by atoms with van der Waals surface area (Å²) in [7, 11) is 0. The molecule has 0 bridgehead atoms. The van der Waals surface area contributed by atoms with E-state index in [-0.39, 0.29) is 30.3 Å². The van der Waals surface area contributed by atoms with Gasteiger partial charge in [0.2, 0.25) is 5.91 Å². The Labute approximate surface area is 175 Å². The van der Waals surface area contributed by atoms with Crippen molar-refractivity contribution in [2.75, 3.05) is 26.2 Å². The van der Waals surface area contributed by atoms with Gasteiger partial charge < -0.3 is 19.7 Å². The van der Waals surface area contributed by atoms with Gasteiger partial charge in [0, 0.05) is 31.1 Å². The number of halogens is 1. The molecule has 2 heterocycles. The summed E-state index contributed by atoms with van der Waals surface area (Å²) in [6.07, 6.45) is 2.13. The molecule has 2 aliphatic heterocycles. The number of hydrogen-bond donors (Lipinski definition) is 1. The molecule has 0 aliphatic carbocycles. The monoisotopic (exact) mass is 412 g/mol. The minimum atomic E-state index is -0.449. The summed E-state index contributed by atoms with van der Waals surface area (Å²) >= 11 is 0. The van der Waals surface area contributed by atoms with E-state index in [2.05, 4.69) is 5.32 Å². The smallest absolute Gasteiger partial charge is 0.251 e. The first-order valence-electron chi connectivity index (χ1n) is 10.2. The highest BCUT2D eigenvalue weighted by Gasteiger charge is 2.45. The zero-order chi connectivity index (χ0) is 21.0. The van der Waals surface area contributed by atoms with Crippen LogP contribution in [-0.2, 0) is 9.53 Å². The van der Waals surface area contributed by atoms with Crippen LogP contribution in [0.25, 0.3) is 0 Å². The topological polar surface area (TPSA) is 67.9 Å². The van der Waals surface area contributed by atoms with Crippen molar-refractivity contribution in [3.8, 4) is 5.75 Å². The molecule has 2 saturated heterocycles. The molecule has 4 rings (SSSR count). The zero-order valence-electron chi connectivity index (χ0n) is 16.7. The number of nitrogens with one attached hydrogen (secondary N) is 1. The summed E-state index contributed by atoms with van der Waals surface area (Å²) in [5, 5.41) is 2.69. The predicted octanol–water partition coefficient (Wildman–Crippen LogP) is 2.78. The van der Waals surface area contributed by atoms with Crippen LogP contribution in [0.3, 0.4) is 0 Å². The largest absolute Gasteiger partial charge is 0.488 e. The second kappa shape index (κ2) is 8.83. The van der Waals surface area contributed by atoms with Crippen molar-refractivity contribution in [1.29, 1.82) is 0 Å². The second-order valence-corrected chi connectivity index (χ2v) is 7.86. The molecule has 158 valence electrons. The van der Waals surface area contributed by atoms with E-state index in [0.717, 1.165) is 12.8 Å². The lowest BCUT2D eigenvalue weighted by atomic mass is 9.89. The Morgan fingerprint density at radius 2 is 2.03 bits per heavy atom. The van der Waals surface area contributed by atoms with Crippen LogP contribution in [-0.4, -0.2) is 54.7 Å². The summed E-state index contributed by atoms with van der Waals surface area (Å²) in [5.41, 5.74) is 0.0758. The molecule has 0 radical (unpaired) electrons. The van der Waals surface area contributed by atoms with Crippen LogP contribution in [0.5, 0.6) is 5.75 Å². The summed E-state index contributed by atoms with van der Waals surface area (Å²) in [4.78, 5) is 26.6. The Morgan fingerprint density at radius 3 is 2.83 bits per heavy atom. The number of nitrogens with zero attached hydrogens (tertiary/aromatic N) is 1. The van der Waals surface area contributed by atoms with Crippen LogP contribution in [0, 0.1) is 5.82 Å². The van der Waals surface area contributed by atoms with Crippen molar-refractivity contribution in [1.82, 2.24) is 10.2 Å². The van der Waals surface area contributed by atoms with E-state index in [1.807, 2.05) is 6.07 Å². The Bertz CT molecular complexity index is 907. The fourth-order valence-corrected chi connectivity index (χ4v) is 4.17. The van der Waals surface area contributed by atoms with Gasteiger partial charge in [-0.15, -0.1) is 0 Å². The summed E-state index contributed by atoms with van der Waals surface area (Å²) < 4.78 is 25.3. The fraction of sp³-hybridized carbons (Fsp3) is 0.391. The van der Waals surface area contributed by atoms with E-state index in [1.165, 1.54) is 12.1 Å². The van der Waals surface area contributed by atoms with Gasteiger partial charge in [-0.25, -0.2) is 4.39 Å². The molecule has 30 heavy (non-hydrogen) atoms. The average Bonchev–Trinajstić information content (AvgIpc) is 3.13. The molecular formula is C23H25FN2O4. The van der Waals surface area contributed by atoms with Gasteiger partial charge in [-0.3, -0.25) is 9.59 Å². The number of carbonyl (C=O) groups excluding carboxylic acids is 2. The molecule has 2 aliphatic rings. The number of ether oxygens (including phenoxy) is 2. The van der Waals surface area contributed by atoms with Gasteiger partial charge in [-0.1, -0.05) is 24.3 Å². The summed E-state index contributed by atoms with van der Waals surface area (Å²) in [5.74, 6) is -0.256. The van der Waals surface area contributed by atoms with E-state index in [9.17, 15) is 14.0 Å². The molecule has 0 saturated carbocycles. The molecule has 2 fully saturated rings. The first-order valence-corrected chi connectivity index (χ1v) is 10.2. The Morgan fingerprint density at radius 1 is 1.20 bits per heavy atom. The SMILES string of the molecule is O=C(NCC(=O)N1CCC[C@@]2(C[C@@H](Oc3cccc(F)c3)CO2)C1)c1ccccc1. The van der Waals surface area contributed by atoms with E-state index in [1.54, 1.807) is 41.3 Å². The van der Waals surface area contributed by atoms with E-state index >= 15 is 0 Å². The minimum Gasteiger partial charge on any atom is -0.488 e. The molecular weight excluding hydrogens is 387 g/mol. The average molecular weight is 412 g/mol. The number of likely N-dealkylation sites (tertiary alicyclic amines) is 1. The van der Waals surface area contributed by atoms with Gasteiger partial charge in [0.15, 0.2) is 0 Å². The number of carbonyl (C=O) groups is 2. The van der Waals surface area contributed by atoms with Crippen molar-refractivity contribution < 1.29 is 23.5 Å². The number of piperidine rings is 1. The normalized spacial score (nSPS) is 23.4. The van der Waals surface area contributed by atoms with Crippen molar-refractivity contribution in [2.45, 2.75) is 31.0 Å². The van der Waals surface area contributed by atoms with Crippen LogP contribution in [0.15, 0.2) is 54.6 Å². The third kappa shape index (κ3) is 4.79. The molecule has 2 aromatic carbocycles. The van der Waals surface area contributed by atoms with Crippen molar-refractivity contribution in [3.05, 3.63) is 66.0 Å². The van der Waals surface area contributed by atoms with E-state index in [4.69, 9.17) is 9.47 Å². The van der Waals surface area contributed by atoms with E-state index in [0.29, 0.717) is 37.4 Å². The van der Waals surface area contributed by atoms with Gasteiger partial charge in [-0.2, -0.15) is 0 Å². The lowest BCUT2D eigenvalue weighted by molar-refractivity contribution is -0.138. The van der Waals surface area contributed by atoms with Crippen LogP contribution in [0.2, 0.25) is 0 Å². The Hall–Kier alpha value is -2.93. The zero-order valence-corrected chi connectivity index (χ0v) is 16.7. The first-order chi connectivity index (χ1) is 14.5. The minimum absolute atomic E-state index is 0.0486. The van der Waals surface area contributed by atoms with Gasteiger partial charge in [-0.05, 0) is 37.1 Å². The highest BCUT2D eigenvalue weighted by Crippen LogP contribution is 2.36. The third-order valence-electron chi connectivity index (χ3n) is 5.60. The maximum Gasteiger partial charge on any atom is 0.251 e. The second-order valence-electron chi connectivity index (χ2n) is 7.86. The van der Waals surface area contributed by atoms with Crippen LogP contribution in [0.4, 0.5) is 4.39 Å². The van der Waals surface area contributed by atoms with Crippen molar-refractivity contribution in [3.63, 3.8) is 0 Å². The molecule has 1 spiro atoms.